The molecule has 136 valence electrons. The monoisotopic (exact) mass is 359 g/mol. The van der Waals surface area contributed by atoms with Gasteiger partial charge in [-0.1, -0.05) is 60.7 Å². The Morgan fingerprint density at radius 1 is 0.778 bits per heavy atom. The van der Waals surface area contributed by atoms with E-state index in [0.717, 1.165) is 12.8 Å². The lowest BCUT2D eigenvalue weighted by molar-refractivity contribution is -0.684. The molecular formula is C23H23N2O2+. The third-order valence-corrected chi connectivity index (χ3v) is 4.32. The van der Waals surface area contributed by atoms with E-state index >= 15 is 0 Å². The highest BCUT2D eigenvalue weighted by atomic mass is 16.2. The number of aryl methyl sites for hydroxylation is 1. The summed E-state index contributed by atoms with van der Waals surface area (Å²) in [4.78, 5) is 24.4. The number of nitrogens with zero attached hydrogens (tertiary/aromatic N) is 1. The van der Waals surface area contributed by atoms with Crippen molar-refractivity contribution in [2.75, 3.05) is 6.54 Å². The van der Waals surface area contributed by atoms with E-state index < -0.39 is 0 Å². The highest BCUT2D eigenvalue weighted by Crippen LogP contribution is 2.07. The lowest BCUT2D eigenvalue weighted by Gasteiger charge is -2.04. The minimum atomic E-state index is -0.0322. The van der Waals surface area contributed by atoms with Crippen molar-refractivity contribution in [3.8, 4) is 0 Å². The fraction of sp³-hybridized carbons (Fsp3) is 0.174. The third-order valence-electron chi connectivity index (χ3n) is 4.32. The molecule has 1 amide bonds. The topological polar surface area (TPSA) is 50.0 Å². The van der Waals surface area contributed by atoms with Gasteiger partial charge in [0.15, 0.2) is 18.2 Å². The second-order valence-corrected chi connectivity index (χ2v) is 6.39. The van der Waals surface area contributed by atoms with Crippen molar-refractivity contribution >= 4 is 11.7 Å². The van der Waals surface area contributed by atoms with E-state index in [9.17, 15) is 9.59 Å². The number of hydrogen-bond donors (Lipinski definition) is 1. The maximum Gasteiger partial charge on any atom is 0.285 e. The zero-order chi connectivity index (χ0) is 18.9. The predicted octanol–water partition coefficient (Wildman–Crippen LogP) is 2.95. The van der Waals surface area contributed by atoms with E-state index in [-0.39, 0.29) is 18.2 Å². The van der Waals surface area contributed by atoms with E-state index in [4.69, 9.17) is 0 Å². The molecule has 0 saturated carbocycles. The van der Waals surface area contributed by atoms with Gasteiger partial charge in [-0.25, -0.2) is 0 Å². The van der Waals surface area contributed by atoms with E-state index in [2.05, 4.69) is 17.4 Å². The second-order valence-electron chi connectivity index (χ2n) is 6.39. The van der Waals surface area contributed by atoms with Gasteiger partial charge in [0.1, 0.15) is 0 Å². The Hall–Kier alpha value is -3.27. The molecule has 3 rings (SSSR count). The maximum atomic E-state index is 12.4. The molecule has 0 unspecified atom stereocenters. The van der Waals surface area contributed by atoms with E-state index in [1.165, 1.54) is 5.56 Å². The Morgan fingerprint density at radius 2 is 1.37 bits per heavy atom. The minimum Gasteiger partial charge on any atom is -0.351 e. The molecule has 0 atom stereocenters. The zero-order valence-corrected chi connectivity index (χ0v) is 15.2. The third kappa shape index (κ3) is 5.61. The molecule has 27 heavy (non-hydrogen) atoms. The van der Waals surface area contributed by atoms with Gasteiger partial charge in [0.05, 0.1) is 0 Å². The lowest BCUT2D eigenvalue weighted by atomic mass is 10.0. The van der Waals surface area contributed by atoms with Crippen LogP contribution in [0, 0.1) is 0 Å². The van der Waals surface area contributed by atoms with Gasteiger partial charge >= 0.3 is 0 Å². The van der Waals surface area contributed by atoms with E-state index in [0.29, 0.717) is 17.7 Å². The van der Waals surface area contributed by atoms with Crippen LogP contribution in [0.1, 0.15) is 27.9 Å². The molecule has 0 aliphatic heterocycles. The Morgan fingerprint density at radius 3 is 2.04 bits per heavy atom. The number of carbonyl (C=O) groups excluding carboxylic acids is 2. The first-order valence-corrected chi connectivity index (χ1v) is 9.12. The van der Waals surface area contributed by atoms with Crippen LogP contribution < -0.4 is 9.88 Å². The Bertz CT molecular complexity index is 875. The van der Waals surface area contributed by atoms with E-state index in [1.54, 1.807) is 41.2 Å². The van der Waals surface area contributed by atoms with Gasteiger partial charge < -0.3 is 5.32 Å². The van der Waals surface area contributed by atoms with Crippen molar-refractivity contribution in [3.05, 3.63) is 102 Å². The van der Waals surface area contributed by atoms with Gasteiger partial charge in [-0.3, -0.25) is 9.59 Å². The van der Waals surface area contributed by atoms with Crippen molar-refractivity contribution in [2.45, 2.75) is 19.4 Å². The van der Waals surface area contributed by atoms with Crippen LogP contribution in [0.25, 0.3) is 0 Å². The normalized spacial score (nSPS) is 10.4. The summed E-state index contributed by atoms with van der Waals surface area (Å²) >= 11 is 0. The molecule has 0 bridgehead atoms. The van der Waals surface area contributed by atoms with Crippen LogP contribution in [-0.4, -0.2) is 18.2 Å². The molecule has 1 aromatic heterocycles. The van der Waals surface area contributed by atoms with Crippen molar-refractivity contribution in [2.24, 2.45) is 0 Å². The van der Waals surface area contributed by atoms with Gasteiger partial charge in [-0.2, -0.15) is 4.57 Å². The van der Waals surface area contributed by atoms with Gasteiger partial charge in [0.2, 0.25) is 6.54 Å². The molecule has 1 N–H and O–H groups in total. The van der Waals surface area contributed by atoms with Crippen LogP contribution in [0.3, 0.4) is 0 Å². The van der Waals surface area contributed by atoms with Crippen LogP contribution in [0.4, 0.5) is 0 Å². The molecule has 0 saturated heterocycles. The average Bonchev–Trinajstić information content (AvgIpc) is 2.73. The Kier molecular flexibility index (Phi) is 6.47. The second kappa shape index (κ2) is 9.43. The van der Waals surface area contributed by atoms with Crippen molar-refractivity contribution in [1.82, 2.24) is 5.32 Å². The summed E-state index contributed by atoms with van der Waals surface area (Å²) < 4.78 is 1.77. The predicted molar refractivity (Wildman–Crippen MR) is 104 cm³/mol. The number of amides is 1. The lowest BCUT2D eigenvalue weighted by Crippen LogP contribution is -2.42. The van der Waals surface area contributed by atoms with Crippen LogP contribution >= 0.6 is 0 Å². The van der Waals surface area contributed by atoms with Crippen LogP contribution in [0.15, 0.2) is 85.2 Å². The summed E-state index contributed by atoms with van der Waals surface area (Å²) in [7, 11) is 0. The molecule has 0 aliphatic carbocycles. The number of rotatable bonds is 8. The molecule has 0 spiro atoms. The minimum absolute atomic E-state index is 0.0203. The smallest absolute Gasteiger partial charge is 0.285 e. The van der Waals surface area contributed by atoms with Crippen LogP contribution in [0.2, 0.25) is 0 Å². The average molecular weight is 359 g/mol. The van der Waals surface area contributed by atoms with Gasteiger partial charge in [0.25, 0.3) is 5.91 Å². The number of pyridine rings is 1. The molecular weight excluding hydrogens is 336 g/mol. The quantitative estimate of drug-likeness (QED) is 0.382. The highest BCUT2D eigenvalue weighted by molar-refractivity contribution is 6.08. The number of benzene rings is 2. The van der Waals surface area contributed by atoms with Crippen LogP contribution in [-0.2, 0) is 17.8 Å². The maximum absolute atomic E-state index is 12.4. The SMILES string of the molecule is O=C(C[n+]1ccc(C(=O)c2ccccc2)cc1)NCCCc1ccccc1. The first kappa shape index (κ1) is 18.5. The van der Waals surface area contributed by atoms with Gasteiger partial charge in [-0.15, -0.1) is 0 Å². The Balaban J connectivity index is 1.45. The summed E-state index contributed by atoms with van der Waals surface area (Å²) in [6, 6.07) is 22.9. The number of ketones is 1. The highest BCUT2D eigenvalue weighted by Gasteiger charge is 2.12. The zero-order valence-electron chi connectivity index (χ0n) is 15.2. The molecule has 4 nitrogen and oxygen atoms in total. The summed E-state index contributed by atoms with van der Waals surface area (Å²) in [6.07, 6.45) is 5.38. The van der Waals surface area contributed by atoms with Crippen molar-refractivity contribution < 1.29 is 14.2 Å². The summed E-state index contributed by atoms with van der Waals surface area (Å²) in [5, 5.41) is 2.94. The van der Waals surface area contributed by atoms with Gasteiger partial charge in [-0.05, 0) is 18.4 Å². The number of aromatic nitrogens is 1. The number of nitrogens with one attached hydrogen (secondary N) is 1. The van der Waals surface area contributed by atoms with Crippen molar-refractivity contribution in [1.29, 1.82) is 0 Å². The Labute approximate surface area is 159 Å². The summed E-state index contributed by atoms with van der Waals surface area (Å²) in [6.45, 7) is 0.893. The fourth-order valence-corrected chi connectivity index (χ4v) is 2.86. The van der Waals surface area contributed by atoms with Gasteiger partial charge in [0, 0.05) is 29.8 Å². The first-order valence-electron chi connectivity index (χ1n) is 9.12. The molecule has 3 aromatic rings. The number of carbonyl (C=O) groups is 2. The molecule has 2 aromatic carbocycles. The molecule has 1 heterocycles. The van der Waals surface area contributed by atoms with Crippen LogP contribution in [0.5, 0.6) is 0 Å². The molecule has 0 radical (unpaired) electrons. The van der Waals surface area contributed by atoms with E-state index in [1.807, 2.05) is 36.4 Å². The summed E-state index contributed by atoms with van der Waals surface area (Å²) in [5.41, 5.74) is 2.55. The first-order chi connectivity index (χ1) is 13.2. The van der Waals surface area contributed by atoms with Crippen molar-refractivity contribution in [3.63, 3.8) is 0 Å². The number of hydrogen-bond acceptors (Lipinski definition) is 2. The molecule has 4 heteroatoms. The summed E-state index contributed by atoms with van der Waals surface area (Å²) in [5.74, 6) is -0.0525. The molecule has 0 aliphatic rings. The fourth-order valence-electron chi connectivity index (χ4n) is 2.86. The standard InChI is InChI=1S/C23H22N2O2/c26-22(24-15-7-10-19-8-3-1-4-9-19)18-25-16-13-21(14-17-25)23(27)20-11-5-2-6-12-20/h1-6,8-9,11-14,16-17H,7,10,15,18H2/p+1. The molecule has 0 fully saturated rings. The largest absolute Gasteiger partial charge is 0.351 e.